The lowest BCUT2D eigenvalue weighted by Gasteiger charge is -2.36. The summed E-state index contributed by atoms with van der Waals surface area (Å²) in [5.74, 6) is 1.41. The minimum Gasteiger partial charge on any atom is -0.493 e. The number of para-hydroxylation sites is 1. The molecule has 1 fully saturated rings. The summed E-state index contributed by atoms with van der Waals surface area (Å²) in [7, 11) is 3.13. The van der Waals surface area contributed by atoms with Crippen LogP contribution in [-0.4, -0.2) is 57.9 Å². The van der Waals surface area contributed by atoms with Gasteiger partial charge in [-0.2, -0.15) is 0 Å². The number of anilines is 1. The summed E-state index contributed by atoms with van der Waals surface area (Å²) in [6.07, 6.45) is 0. The van der Waals surface area contributed by atoms with Crippen LogP contribution in [-0.2, 0) is 6.54 Å². The molecule has 2 aromatic carbocycles. The molecule has 1 saturated heterocycles. The number of methoxy groups -OCH3 is 2. The van der Waals surface area contributed by atoms with E-state index in [9.17, 15) is 9.18 Å². The summed E-state index contributed by atoms with van der Waals surface area (Å²) in [5, 5.41) is 2.93. The first-order valence-electron chi connectivity index (χ1n) is 9.97. The Hall–Kier alpha value is -3.16. The summed E-state index contributed by atoms with van der Waals surface area (Å²) in [6, 6.07) is 10.2. The van der Waals surface area contributed by atoms with E-state index in [1.54, 1.807) is 31.3 Å². The second-order valence-corrected chi connectivity index (χ2v) is 6.85. The zero-order chi connectivity index (χ0) is 21.5. The van der Waals surface area contributed by atoms with Gasteiger partial charge >= 0.3 is 6.03 Å². The van der Waals surface area contributed by atoms with Gasteiger partial charge in [0.15, 0.2) is 11.5 Å². The highest BCUT2D eigenvalue weighted by Gasteiger charge is 2.23. The van der Waals surface area contributed by atoms with Gasteiger partial charge in [-0.3, -0.25) is 0 Å². The van der Waals surface area contributed by atoms with Crippen molar-refractivity contribution in [2.75, 3.05) is 51.9 Å². The molecule has 1 heterocycles. The fourth-order valence-electron chi connectivity index (χ4n) is 3.47. The number of amides is 2. The van der Waals surface area contributed by atoms with Gasteiger partial charge < -0.3 is 29.3 Å². The Labute approximate surface area is 176 Å². The maximum atomic E-state index is 14.0. The summed E-state index contributed by atoms with van der Waals surface area (Å²) in [6.45, 7) is 4.91. The number of urea groups is 1. The quantitative estimate of drug-likeness (QED) is 0.749. The van der Waals surface area contributed by atoms with Crippen molar-refractivity contribution in [2.45, 2.75) is 13.5 Å². The number of halogens is 1. The van der Waals surface area contributed by atoms with Gasteiger partial charge in [-0.15, -0.1) is 0 Å². The Morgan fingerprint density at radius 2 is 1.70 bits per heavy atom. The maximum Gasteiger partial charge on any atom is 0.317 e. The summed E-state index contributed by atoms with van der Waals surface area (Å²) >= 11 is 0. The molecular formula is C22H28FN3O4. The number of piperazine rings is 1. The predicted octanol–water partition coefficient (Wildman–Crippen LogP) is 3.27. The lowest BCUT2D eigenvalue weighted by Crippen LogP contribution is -2.51. The second kappa shape index (κ2) is 10.0. The smallest absolute Gasteiger partial charge is 0.317 e. The van der Waals surface area contributed by atoms with Gasteiger partial charge in [0.2, 0.25) is 5.75 Å². The molecule has 0 atom stereocenters. The van der Waals surface area contributed by atoms with Crippen molar-refractivity contribution in [2.24, 2.45) is 0 Å². The zero-order valence-electron chi connectivity index (χ0n) is 17.6. The molecule has 0 radical (unpaired) electrons. The predicted molar refractivity (Wildman–Crippen MR) is 113 cm³/mol. The van der Waals surface area contributed by atoms with Gasteiger partial charge in [0.05, 0.1) is 26.5 Å². The van der Waals surface area contributed by atoms with Gasteiger partial charge in [0, 0.05) is 32.7 Å². The first-order valence-corrected chi connectivity index (χ1v) is 9.97. The Balaban J connectivity index is 1.58. The third-order valence-electron chi connectivity index (χ3n) is 5.01. The molecule has 1 aliphatic rings. The molecule has 7 nitrogen and oxygen atoms in total. The number of rotatable bonds is 7. The monoisotopic (exact) mass is 417 g/mol. The molecule has 0 aromatic heterocycles. The Morgan fingerprint density at radius 3 is 2.27 bits per heavy atom. The van der Waals surface area contributed by atoms with Crippen LogP contribution >= 0.6 is 0 Å². The van der Waals surface area contributed by atoms with E-state index in [0.29, 0.717) is 62.3 Å². The van der Waals surface area contributed by atoms with Crippen LogP contribution in [0.5, 0.6) is 17.2 Å². The molecule has 3 rings (SSSR count). The minimum absolute atomic E-state index is 0.157. The largest absolute Gasteiger partial charge is 0.493 e. The van der Waals surface area contributed by atoms with Gasteiger partial charge in [-0.05, 0) is 36.8 Å². The SMILES string of the molecule is CCOc1c(OC)cc(CNC(=O)N2CCN(c3ccccc3F)CC2)cc1OC. The number of nitrogens with zero attached hydrogens (tertiary/aromatic N) is 2. The van der Waals surface area contributed by atoms with Crippen molar-refractivity contribution in [1.29, 1.82) is 0 Å². The molecule has 30 heavy (non-hydrogen) atoms. The van der Waals surface area contributed by atoms with E-state index in [2.05, 4.69) is 5.32 Å². The van der Waals surface area contributed by atoms with Crippen molar-refractivity contribution in [3.05, 3.63) is 47.8 Å². The molecule has 0 spiro atoms. The minimum atomic E-state index is -0.242. The highest BCUT2D eigenvalue weighted by atomic mass is 19.1. The van der Waals surface area contributed by atoms with E-state index in [4.69, 9.17) is 14.2 Å². The standard InChI is InChI=1S/C22H28FN3O4/c1-4-30-21-19(28-2)13-16(14-20(21)29-3)15-24-22(27)26-11-9-25(10-12-26)18-8-6-5-7-17(18)23/h5-8,13-14H,4,9-12,15H2,1-3H3,(H,24,27). The zero-order valence-corrected chi connectivity index (χ0v) is 17.6. The van der Waals surface area contributed by atoms with Crippen molar-refractivity contribution in [3.8, 4) is 17.2 Å². The summed E-state index contributed by atoms with van der Waals surface area (Å²) in [5.41, 5.74) is 1.41. The lowest BCUT2D eigenvalue weighted by atomic mass is 10.1. The van der Waals surface area contributed by atoms with Crippen LogP contribution in [0.3, 0.4) is 0 Å². The molecule has 2 aromatic rings. The number of hydrogen-bond acceptors (Lipinski definition) is 5. The lowest BCUT2D eigenvalue weighted by molar-refractivity contribution is 0.194. The van der Waals surface area contributed by atoms with Gasteiger partial charge in [-0.1, -0.05) is 12.1 Å². The van der Waals surface area contributed by atoms with Crippen molar-refractivity contribution >= 4 is 11.7 Å². The van der Waals surface area contributed by atoms with E-state index in [1.807, 2.05) is 30.0 Å². The number of nitrogens with one attached hydrogen (secondary N) is 1. The molecule has 0 bridgehead atoms. The van der Waals surface area contributed by atoms with E-state index in [0.717, 1.165) is 5.56 Å². The van der Waals surface area contributed by atoms with Crippen LogP contribution in [0, 0.1) is 5.82 Å². The normalized spacial score (nSPS) is 13.7. The average Bonchev–Trinajstić information content (AvgIpc) is 2.78. The molecule has 8 heteroatoms. The molecule has 1 aliphatic heterocycles. The summed E-state index contributed by atoms with van der Waals surface area (Å²) < 4.78 is 30.4. The van der Waals surface area contributed by atoms with Crippen molar-refractivity contribution < 1.29 is 23.4 Å². The molecule has 2 amide bonds. The van der Waals surface area contributed by atoms with Crippen molar-refractivity contribution in [1.82, 2.24) is 10.2 Å². The maximum absolute atomic E-state index is 14.0. The van der Waals surface area contributed by atoms with E-state index >= 15 is 0 Å². The highest BCUT2D eigenvalue weighted by molar-refractivity contribution is 5.74. The molecule has 0 aliphatic carbocycles. The molecular weight excluding hydrogens is 389 g/mol. The average molecular weight is 417 g/mol. The molecule has 0 saturated carbocycles. The van der Waals surface area contributed by atoms with E-state index in [1.165, 1.54) is 6.07 Å². The first-order chi connectivity index (χ1) is 14.6. The Bertz CT molecular complexity index is 844. The molecule has 1 N–H and O–H groups in total. The van der Waals surface area contributed by atoms with E-state index < -0.39 is 0 Å². The first kappa shape index (κ1) is 21.5. The highest BCUT2D eigenvalue weighted by Crippen LogP contribution is 2.38. The Kier molecular flexibility index (Phi) is 7.21. The Morgan fingerprint density at radius 1 is 1.07 bits per heavy atom. The van der Waals surface area contributed by atoms with Crippen LogP contribution in [0.4, 0.5) is 14.9 Å². The van der Waals surface area contributed by atoms with Crippen LogP contribution in [0.1, 0.15) is 12.5 Å². The number of benzene rings is 2. The van der Waals surface area contributed by atoms with Crippen LogP contribution in [0.15, 0.2) is 36.4 Å². The van der Waals surface area contributed by atoms with Crippen LogP contribution < -0.4 is 24.4 Å². The summed E-state index contributed by atoms with van der Waals surface area (Å²) in [4.78, 5) is 16.3. The fourth-order valence-corrected chi connectivity index (χ4v) is 3.47. The number of carbonyl (C=O) groups is 1. The third kappa shape index (κ3) is 4.87. The van der Waals surface area contributed by atoms with Crippen molar-refractivity contribution in [3.63, 3.8) is 0 Å². The van der Waals surface area contributed by atoms with Gasteiger partial charge in [0.1, 0.15) is 5.82 Å². The van der Waals surface area contributed by atoms with Gasteiger partial charge in [-0.25, -0.2) is 9.18 Å². The van der Waals surface area contributed by atoms with Crippen LogP contribution in [0.25, 0.3) is 0 Å². The fraction of sp³-hybridized carbons (Fsp3) is 0.409. The molecule has 0 unspecified atom stereocenters. The van der Waals surface area contributed by atoms with Gasteiger partial charge in [0.25, 0.3) is 0 Å². The second-order valence-electron chi connectivity index (χ2n) is 6.85. The van der Waals surface area contributed by atoms with E-state index in [-0.39, 0.29) is 11.8 Å². The number of hydrogen-bond donors (Lipinski definition) is 1. The number of ether oxygens (including phenoxy) is 3. The topological polar surface area (TPSA) is 63.3 Å². The molecule has 162 valence electrons. The third-order valence-corrected chi connectivity index (χ3v) is 5.01. The van der Waals surface area contributed by atoms with Crippen LogP contribution in [0.2, 0.25) is 0 Å². The number of carbonyl (C=O) groups excluding carboxylic acids is 1.